The van der Waals surface area contributed by atoms with E-state index in [-0.39, 0.29) is 5.54 Å². The predicted molar refractivity (Wildman–Crippen MR) is 86.0 cm³/mol. The minimum Gasteiger partial charge on any atom is -0.308 e. The third-order valence-corrected chi connectivity index (χ3v) is 4.85. The molecule has 1 N–H and O–H groups in total. The molecule has 1 atom stereocenters. The van der Waals surface area contributed by atoms with Crippen LogP contribution >= 0.6 is 0 Å². The highest BCUT2D eigenvalue weighted by atomic mass is 15.4. The van der Waals surface area contributed by atoms with Crippen molar-refractivity contribution < 1.29 is 0 Å². The molecule has 5 heteroatoms. The minimum atomic E-state index is 0.260. The molecule has 1 unspecified atom stereocenters. The lowest BCUT2D eigenvalue weighted by molar-refractivity contribution is 0.0551. The molecule has 2 rings (SSSR count). The number of piperazine rings is 1. The van der Waals surface area contributed by atoms with Crippen molar-refractivity contribution in [3.8, 4) is 0 Å². The first-order valence-corrected chi connectivity index (χ1v) is 8.32. The highest BCUT2D eigenvalue weighted by Crippen LogP contribution is 2.26. The molecule has 5 nitrogen and oxygen atoms in total. The van der Waals surface area contributed by atoms with Crippen LogP contribution in [0.5, 0.6) is 0 Å². The minimum absolute atomic E-state index is 0.260. The molecule has 120 valence electrons. The molecule has 1 saturated heterocycles. The number of aromatic nitrogens is 3. The summed E-state index contributed by atoms with van der Waals surface area (Å²) in [6, 6.07) is 0.596. The molecule has 1 fully saturated rings. The van der Waals surface area contributed by atoms with Gasteiger partial charge in [0.15, 0.2) is 0 Å². The molecule has 0 aromatic carbocycles. The van der Waals surface area contributed by atoms with Gasteiger partial charge in [-0.3, -0.25) is 9.58 Å². The van der Waals surface area contributed by atoms with Gasteiger partial charge in [0, 0.05) is 44.5 Å². The molecular weight excluding hydrogens is 262 g/mol. The Labute approximate surface area is 129 Å². The van der Waals surface area contributed by atoms with Crippen LogP contribution in [0.4, 0.5) is 0 Å². The number of aryl methyl sites for hydroxylation is 1. The van der Waals surface area contributed by atoms with Crippen molar-refractivity contribution in [2.75, 3.05) is 13.1 Å². The van der Waals surface area contributed by atoms with Gasteiger partial charge in [0.05, 0.1) is 5.69 Å². The molecule has 0 aliphatic carbocycles. The summed E-state index contributed by atoms with van der Waals surface area (Å²) in [5.74, 6) is 0.719. The standard InChI is InChI=1S/C16H31N5/c1-6-16(7-2)12-21(11-14-10-20(5)19-18-14)15(9-17-16)8-13(3)4/h10,13,15,17H,6-9,11-12H2,1-5H3. The first kappa shape index (κ1) is 16.4. The lowest BCUT2D eigenvalue weighted by atomic mass is 9.87. The summed E-state index contributed by atoms with van der Waals surface area (Å²) in [6.45, 7) is 12.3. The van der Waals surface area contributed by atoms with Crippen molar-refractivity contribution in [1.29, 1.82) is 0 Å². The van der Waals surface area contributed by atoms with E-state index < -0.39 is 0 Å². The summed E-state index contributed by atoms with van der Waals surface area (Å²) in [6.07, 6.45) is 5.62. The molecule has 0 radical (unpaired) electrons. The molecule has 1 aromatic heterocycles. The maximum absolute atomic E-state index is 4.27. The summed E-state index contributed by atoms with van der Waals surface area (Å²) < 4.78 is 1.79. The number of nitrogens with one attached hydrogen (secondary N) is 1. The third-order valence-electron chi connectivity index (χ3n) is 4.85. The molecular formula is C16H31N5. The molecule has 21 heavy (non-hydrogen) atoms. The van der Waals surface area contributed by atoms with Gasteiger partial charge in [0.1, 0.15) is 0 Å². The van der Waals surface area contributed by atoms with Crippen LogP contribution in [0.2, 0.25) is 0 Å². The van der Waals surface area contributed by atoms with E-state index in [9.17, 15) is 0 Å². The zero-order valence-electron chi connectivity index (χ0n) is 14.3. The number of nitrogens with zero attached hydrogens (tertiary/aromatic N) is 4. The van der Waals surface area contributed by atoms with Gasteiger partial charge in [-0.1, -0.05) is 32.9 Å². The summed E-state index contributed by atoms with van der Waals surface area (Å²) in [5.41, 5.74) is 1.34. The van der Waals surface area contributed by atoms with Crippen LogP contribution in [0.15, 0.2) is 6.20 Å². The Hall–Kier alpha value is -0.940. The van der Waals surface area contributed by atoms with E-state index in [0.717, 1.165) is 31.2 Å². The third kappa shape index (κ3) is 4.04. The Morgan fingerprint density at radius 1 is 1.38 bits per heavy atom. The average Bonchev–Trinajstić information content (AvgIpc) is 2.86. The fourth-order valence-corrected chi connectivity index (χ4v) is 3.40. The largest absolute Gasteiger partial charge is 0.308 e. The summed E-state index contributed by atoms with van der Waals surface area (Å²) in [4.78, 5) is 2.62. The van der Waals surface area contributed by atoms with Crippen LogP contribution in [0.1, 0.15) is 52.7 Å². The molecule has 1 aliphatic rings. The van der Waals surface area contributed by atoms with Crippen molar-refractivity contribution in [2.24, 2.45) is 13.0 Å². The van der Waals surface area contributed by atoms with E-state index in [0.29, 0.717) is 6.04 Å². The van der Waals surface area contributed by atoms with E-state index in [2.05, 4.69) is 48.2 Å². The van der Waals surface area contributed by atoms with Gasteiger partial charge in [-0.15, -0.1) is 5.10 Å². The Bertz CT molecular complexity index is 436. The number of rotatable bonds is 6. The average molecular weight is 293 g/mol. The Kier molecular flexibility index (Phi) is 5.38. The summed E-state index contributed by atoms with van der Waals surface area (Å²) in [7, 11) is 1.93. The van der Waals surface area contributed by atoms with Gasteiger partial charge in [-0.2, -0.15) is 0 Å². The molecule has 0 bridgehead atoms. The molecule has 2 heterocycles. The second kappa shape index (κ2) is 6.88. The quantitative estimate of drug-likeness (QED) is 0.873. The monoisotopic (exact) mass is 293 g/mol. The lowest BCUT2D eigenvalue weighted by Gasteiger charge is -2.48. The van der Waals surface area contributed by atoms with Crippen LogP contribution in [0.3, 0.4) is 0 Å². The Morgan fingerprint density at radius 2 is 2.10 bits per heavy atom. The molecule has 0 spiro atoms. The van der Waals surface area contributed by atoms with Crippen molar-refractivity contribution in [3.63, 3.8) is 0 Å². The van der Waals surface area contributed by atoms with E-state index in [4.69, 9.17) is 0 Å². The second-order valence-corrected chi connectivity index (χ2v) is 6.94. The van der Waals surface area contributed by atoms with E-state index in [1.807, 2.05) is 13.2 Å². The fourth-order valence-electron chi connectivity index (χ4n) is 3.40. The highest BCUT2D eigenvalue weighted by molar-refractivity contribution is 5.00. The van der Waals surface area contributed by atoms with Gasteiger partial charge in [-0.25, -0.2) is 0 Å². The second-order valence-electron chi connectivity index (χ2n) is 6.94. The van der Waals surface area contributed by atoms with Crippen LogP contribution in [0.25, 0.3) is 0 Å². The molecule has 0 saturated carbocycles. The van der Waals surface area contributed by atoms with Crippen LogP contribution < -0.4 is 5.32 Å². The zero-order valence-corrected chi connectivity index (χ0v) is 14.3. The van der Waals surface area contributed by atoms with Crippen molar-refractivity contribution in [1.82, 2.24) is 25.2 Å². The first-order chi connectivity index (χ1) is 9.98. The SMILES string of the molecule is CCC1(CC)CN(Cc2cn(C)nn2)C(CC(C)C)CN1. The van der Waals surface area contributed by atoms with Crippen molar-refractivity contribution in [3.05, 3.63) is 11.9 Å². The normalized spacial score (nSPS) is 22.9. The Morgan fingerprint density at radius 3 is 2.62 bits per heavy atom. The topological polar surface area (TPSA) is 46.0 Å². The Balaban J connectivity index is 2.12. The maximum Gasteiger partial charge on any atom is 0.0967 e. The number of hydrogen-bond donors (Lipinski definition) is 1. The van der Waals surface area contributed by atoms with Crippen LogP contribution in [-0.4, -0.2) is 44.6 Å². The van der Waals surface area contributed by atoms with Gasteiger partial charge in [-0.05, 0) is 25.2 Å². The molecule has 1 aliphatic heterocycles. The molecule has 1 aromatic rings. The zero-order chi connectivity index (χ0) is 15.5. The highest BCUT2D eigenvalue weighted by Gasteiger charge is 2.36. The van der Waals surface area contributed by atoms with Gasteiger partial charge in [0.25, 0.3) is 0 Å². The van der Waals surface area contributed by atoms with Gasteiger partial charge >= 0.3 is 0 Å². The van der Waals surface area contributed by atoms with Gasteiger partial charge < -0.3 is 5.32 Å². The van der Waals surface area contributed by atoms with Crippen molar-refractivity contribution >= 4 is 0 Å². The fraction of sp³-hybridized carbons (Fsp3) is 0.875. The summed E-state index contributed by atoms with van der Waals surface area (Å²) >= 11 is 0. The van der Waals surface area contributed by atoms with Gasteiger partial charge in [0.2, 0.25) is 0 Å². The maximum atomic E-state index is 4.27. The van der Waals surface area contributed by atoms with E-state index in [1.54, 1.807) is 4.68 Å². The predicted octanol–water partition coefficient (Wildman–Crippen LogP) is 2.19. The van der Waals surface area contributed by atoms with E-state index in [1.165, 1.54) is 19.3 Å². The molecule has 0 amide bonds. The van der Waals surface area contributed by atoms with Crippen LogP contribution in [-0.2, 0) is 13.6 Å². The van der Waals surface area contributed by atoms with Crippen LogP contribution in [0, 0.1) is 5.92 Å². The van der Waals surface area contributed by atoms with E-state index >= 15 is 0 Å². The smallest absolute Gasteiger partial charge is 0.0967 e. The van der Waals surface area contributed by atoms with Crippen molar-refractivity contribution in [2.45, 2.75) is 65.1 Å². The summed E-state index contributed by atoms with van der Waals surface area (Å²) in [5, 5.41) is 12.2. The number of hydrogen-bond acceptors (Lipinski definition) is 4. The lowest BCUT2D eigenvalue weighted by Crippen LogP contribution is -2.63. The first-order valence-electron chi connectivity index (χ1n) is 8.32.